The Kier molecular flexibility index (Phi) is 7.41. The van der Waals surface area contributed by atoms with Gasteiger partial charge in [0.1, 0.15) is 4.90 Å². The third kappa shape index (κ3) is 4.70. The van der Waals surface area contributed by atoms with E-state index in [0.717, 1.165) is 19.4 Å². The van der Waals surface area contributed by atoms with Gasteiger partial charge in [-0.05, 0) is 40.2 Å². The molecule has 0 spiro atoms. The van der Waals surface area contributed by atoms with Crippen LogP contribution in [-0.2, 0) is 26.2 Å². The lowest BCUT2D eigenvalue weighted by molar-refractivity contribution is -0.150. The molecule has 27 heavy (non-hydrogen) atoms. The summed E-state index contributed by atoms with van der Waals surface area (Å²) in [5, 5.41) is 4.48. The van der Waals surface area contributed by atoms with Crippen LogP contribution in [0.3, 0.4) is 0 Å². The molecule has 0 aromatic carbocycles. The predicted molar refractivity (Wildman–Crippen MR) is 103 cm³/mol. The first-order valence-corrected chi connectivity index (χ1v) is 11.1. The van der Waals surface area contributed by atoms with Crippen LogP contribution >= 0.6 is 0 Å². The lowest BCUT2D eigenvalue weighted by Crippen LogP contribution is -2.40. The molecule has 0 amide bonds. The fourth-order valence-corrected chi connectivity index (χ4v) is 5.54. The van der Waals surface area contributed by atoms with Gasteiger partial charge in [-0.2, -0.15) is 9.40 Å². The average molecular weight is 401 g/mol. The van der Waals surface area contributed by atoms with Crippen LogP contribution in [-0.4, -0.2) is 66.2 Å². The van der Waals surface area contributed by atoms with E-state index in [4.69, 9.17) is 4.74 Å². The van der Waals surface area contributed by atoms with Gasteiger partial charge in [-0.3, -0.25) is 14.4 Å². The summed E-state index contributed by atoms with van der Waals surface area (Å²) in [6, 6.07) is 0. The van der Waals surface area contributed by atoms with Crippen molar-refractivity contribution in [1.29, 1.82) is 0 Å². The van der Waals surface area contributed by atoms with Gasteiger partial charge in [0.25, 0.3) is 0 Å². The van der Waals surface area contributed by atoms with E-state index >= 15 is 0 Å². The SMILES string of the molecule is CCOC(=O)[C@H]1CCCN(Cn2nc(C)c(S(=O)(=O)N(CC)CC)c2C)C1. The molecule has 0 radical (unpaired) electrons. The summed E-state index contributed by atoms with van der Waals surface area (Å²) in [5.74, 6) is -0.282. The molecule has 0 bridgehead atoms. The Hall–Kier alpha value is -1.45. The van der Waals surface area contributed by atoms with E-state index in [-0.39, 0.29) is 11.9 Å². The molecular formula is C18H32N4O4S. The van der Waals surface area contributed by atoms with Crippen molar-refractivity contribution in [3.63, 3.8) is 0 Å². The Bertz CT molecular complexity index is 756. The Morgan fingerprint density at radius 3 is 2.52 bits per heavy atom. The molecule has 1 aromatic heterocycles. The van der Waals surface area contributed by atoms with Crippen LogP contribution < -0.4 is 0 Å². The zero-order chi connectivity index (χ0) is 20.2. The van der Waals surface area contributed by atoms with E-state index in [1.165, 1.54) is 4.31 Å². The van der Waals surface area contributed by atoms with E-state index in [2.05, 4.69) is 10.00 Å². The van der Waals surface area contributed by atoms with Gasteiger partial charge in [-0.15, -0.1) is 0 Å². The van der Waals surface area contributed by atoms with Crippen LogP contribution in [0.5, 0.6) is 0 Å². The van der Waals surface area contributed by atoms with Crippen LogP contribution in [0.4, 0.5) is 0 Å². The van der Waals surface area contributed by atoms with Crippen molar-refractivity contribution in [1.82, 2.24) is 19.0 Å². The van der Waals surface area contributed by atoms with Crippen molar-refractivity contribution in [2.24, 2.45) is 5.92 Å². The number of nitrogens with zero attached hydrogens (tertiary/aromatic N) is 4. The second kappa shape index (κ2) is 9.16. The minimum absolute atomic E-state index is 0.130. The molecule has 0 aliphatic carbocycles. The monoisotopic (exact) mass is 400 g/mol. The molecule has 8 nitrogen and oxygen atoms in total. The Balaban J connectivity index is 2.20. The predicted octanol–water partition coefficient (Wildman–Crippen LogP) is 1.76. The Morgan fingerprint density at radius 2 is 1.93 bits per heavy atom. The molecule has 0 unspecified atom stereocenters. The summed E-state index contributed by atoms with van der Waals surface area (Å²) in [6.45, 7) is 12.2. The second-order valence-corrected chi connectivity index (χ2v) is 8.77. The quantitative estimate of drug-likeness (QED) is 0.618. The molecule has 2 rings (SSSR count). The molecule has 2 heterocycles. The first kappa shape index (κ1) is 21.8. The van der Waals surface area contributed by atoms with Crippen molar-refractivity contribution < 1.29 is 17.9 Å². The van der Waals surface area contributed by atoms with Gasteiger partial charge in [-0.1, -0.05) is 13.8 Å². The van der Waals surface area contributed by atoms with Gasteiger partial charge >= 0.3 is 5.97 Å². The molecule has 0 saturated carbocycles. The first-order valence-electron chi connectivity index (χ1n) is 9.69. The minimum atomic E-state index is -3.56. The molecule has 1 aromatic rings. The number of sulfonamides is 1. The van der Waals surface area contributed by atoms with Crippen molar-refractivity contribution in [3.8, 4) is 0 Å². The number of aromatic nitrogens is 2. The normalized spacial score (nSPS) is 18.8. The number of carbonyl (C=O) groups is 1. The average Bonchev–Trinajstić information content (AvgIpc) is 2.90. The van der Waals surface area contributed by atoms with Gasteiger partial charge < -0.3 is 4.74 Å². The highest BCUT2D eigenvalue weighted by molar-refractivity contribution is 7.89. The number of aryl methyl sites for hydroxylation is 1. The third-order valence-electron chi connectivity index (χ3n) is 5.08. The van der Waals surface area contributed by atoms with Crippen molar-refractivity contribution in [2.45, 2.75) is 59.0 Å². The van der Waals surface area contributed by atoms with E-state index in [1.54, 1.807) is 18.5 Å². The maximum atomic E-state index is 13.0. The molecule has 1 fully saturated rings. The van der Waals surface area contributed by atoms with E-state index in [0.29, 0.717) is 49.2 Å². The summed E-state index contributed by atoms with van der Waals surface area (Å²) >= 11 is 0. The van der Waals surface area contributed by atoms with Crippen molar-refractivity contribution >= 4 is 16.0 Å². The van der Waals surface area contributed by atoms with Crippen LogP contribution in [0.15, 0.2) is 4.90 Å². The highest BCUT2D eigenvalue weighted by atomic mass is 32.2. The van der Waals surface area contributed by atoms with Crippen LogP contribution in [0.1, 0.15) is 45.0 Å². The topological polar surface area (TPSA) is 84.7 Å². The molecule has 1 aliphatic heterocycles. The third-order valence-corrected chi connectivity index (χ3v) is 7.38. The zero-order valence-corrected chi connectivity index (χ0v) is 17.9. The van der Waals surface area contributed by atoms with Gasteiger partial charge in [0.15, 0.2) is 0 Å². The van der Waals surface area contributed by atoms with E-state index < -0.39 is 10.0 Å². The number of hydrogen-bond acceptors (Lipinski definition) is 6. The highest BCUT2D eigenvalue weighted by Crippen LogP contribution is 2.25. The van der Waals surface area contributed by atoms with Gasteiger partial charge in [0.2, 0.25) is 10.0 Å². The second-order valence-electron chi connectivity index (χ2n) is 6.90. The van der Waals surface area contributed by atoms with Gasteiger partial charge in [-0.25, -0.2) is 8.42 Å². The number of rotatable bonds is 8. The minimum Gasteiger partial charge on any atom is -0.466 e. The van der Waals surface area contributed by atoms with E-state index in [9.17, 15) is 13.2 Å². The summed E-state index contributed by atoms with van der Waals surface area (Å²) in [5.41, 5.74) is 1.15. The smallest absolute Gasteiger partial charge is 0.310 e. The summed E-state index contributed by atoms with van der Waals surface area (Å²) in [4.78, 5) is 14.5. The largest absolute Gasteiger partial charge is 0.466 e. The maximum absolute atomic E-state index is 13.0. The zero-order valence-electron chi connectivity index (χ0n) is 17.1. The fraction of sp³-hybridized carbons (Fsp3) is 0.778. The number of carbonyl (C=O) groups excluding carboxylic acids is 1. The lowest BCUT2D eigenvalue weighted by Gasteiger charge is -2.31. The number of likely N-dealkylation sites (tertiary alicyclic amines) is 1. The highest BCUT2D eigenvalue weighted by Gasteiger charge is 2.31. The lowest BCUT2D eigenvalue weighted by atomic mass is 9.99. The fourth-order valence-electron chi connectivity index (χ4n) is 3.71. The Morgan fingerprint density at radius 1 is 1.26 bits per heavy atom. The number of piperidine rings is 1. The van der Waals surface area contributed by atoms with Crippen molar-refractivity contribution in [3.05, 3.63) is 11.4 Å². The summed E-state index contributed by atoms with van der Waals surface area (Å²) in [6.07, 6.45) is 1.74. The van der Waals surface area contributed by atoms with E-state index in [1.807, 2.05) is 20.8 Å². The number of esters is 1. The molecule has 0 N–H and O–H groups in total. The van der Waals surface area contributed by atoms with Crippen molar-refractivity contribution in [2.75, 3.05) is 32.8 Å². The van der Waals surface area contributed by atoms with Gasteiger partial charge in [0.05, 0.1) is 30.6 Å². The summed E-state index contributed by atoms with van der Waals surface area (Å²) in [7, 11) is -3.56. The standard InChI is InChI=1S/C18H32N4O4S/c1-6-21(7-2)27(24,25)17-14(4)19-22(15(17)5)13-20-11-9-10-16(12-20)18(23)26-8-3/h16H,6-13H2,1-5H3/t16-/m0/s1. The molecule has 1 aliphatic rings. The molecule has 154 valence electrons. The summed E-state index contributed by atoms with van der Waals surface area (Å²) < 4.78 is 34.2. The Labute approximate surface area is 162 Å². The molecular weight excluding hydrogens is 368 g/mol. The molecule has 1 atom stereocenters. The molecule has 9 heteroatoms. The van der Waals surface area contributed by atoms with Gasteiger partial charge in [0, 0.05) is 19.6 Å². The molecule has 1 saturated heterocycles. The van der Waals surface area contributed by atoms with Crippen LogP contribution in [0.2, 0.25) is 0 Å². The number of hydrogen-bond donors (Lipinski definition) is 0. The number of ether oxygens (including phenoxy) is 1. The first-order chi connectivity index (χ1) is 12.8. The maximum Gasteiger partial charge on any atom is 0.310 e. The van der Waals surface area contributed by atoms with Crippen LogP contribution in [0.25, 0.3) is 0 Å². The van der Waals surface area contributed by atoms with Crippen LogP contribution in [0, 0.1) is 19.8 Å².